The predicted molar refractivity (Wildman–Crippen MR) is 68.7 cm³/mol. The van der Waals surface area contributed by atoms with Crippen LogP contribution in [0.25, 0.3) is 11.3 Å². The summed E-state index contributed by atoms with van der Waals surface area (Å²) in [7, 11) is 0. The largest absolute Gasteiger partial charge is 0.380 e. The normalized spacial score (nSPS) is 9.94. The monoisotopic (exact) mass is 226 g/mol. The molecule has 1 N–H and O–H groups in total. The fourth-order valence-corrected chi connectivity index (χ4v) is 1.38. The van der Waals surface area contributed by atoms with Crippen molar-refractivity contribution in [1.82, 2.24) is 15.0 Å². The Bertz CT molecular complexity index is 488. The Morgan fingerprint density at radius 3 is 2.53 bits per heavy atom. The quantitative estimate of drug-likeness (QED) is 0.813. The van der Waals surface area contributed by atoms with Gasteiger partial charge in [0, 0.05) is 24.5 Å². The molecule has 0 saturated heterocycles. The standard InChI is InChI=1S/C13H14N4/c1-3-6-14-12-4-5-13(17-9-12)11-7-15-10(2)16-8-11/h3-5,7-9,14H,1,6H2,2H3. The van der Waals surface area contributed by atoms with E-state index in [-0.39, 0.29) is 0 Å². The van der Waals surface area contributed by atoms with E-state index in [1.807, 2.05) is 25.1 Å². The number of nitrogens with one attached hydrogen (secondary N) is 1. The summed E-state index contributed by atoms with van der Waals surface area (Å²) in [6, 6.07) is 3.92. The molecular formula is C13H14N4. The van der Waals surface area contributed by atoms with E-state index in [1.165, 1.54) is 0 Å². The average molecular weight is 226 g/mol. The Balaban J connectivity index is 2.17. The van der Waals surface area contributed by atoms with Crippen LogP contribution in [0.5, 0.6) is 0 Å². The van der Waals surface area contributed by atoms with E-state index in [0.29, 0.717) is 0 Å². The lowest BCUT2D eigenvalue weighted by Gasteiger charge is -2.04. The number of rotatable bonds is 4. The van der Waals surface area contributed by atoms with E-state index in [0.717, 1.165) is 29.3 Å². The minimum Gasteiger partial charge on any atom is -0.380 e. The van der Waals surface area contributed by atoms with Crippen molar-refractivity contribution in [2.75, 3.05) is 11.9 Å². The number of nitrogens with zero attached hydrogens (tertiary/aromatic N) is 3. The molecule has 0 aliphatic heterocycles. The van der Waals surface area contributed by atoms with Gasteiger partial charge in [-0.15, -0.1) is 6.58 Å². The maximum Gasteiger partial charge on any atom is 0.125 e. The van der Waals surface area contributed by atoms with Gasteiger partial charge in [-0.3, -0.25) is 4.98 Å². The van der Waals surface area contributed by atoms with Crippen molar-refractivity contribution in [3.8, 4) is 11.3 Å². The smallest absolute Gasteiger partial charge is 0.125 e. The van der Waals surface area contributed by atoms with Crippen molar-refractivity contribution < 1.29 is 0 Å². The van der Waals surface area contributed by atoms with Crippen molar-refractivity contribution in [2.24, 2.45) is 0 Å². The molecule has 0 atom stereocenters. The molecule has 4 heteroatoms. The molecule has 2 aromatic rings. The number of hydrogen-bond donors (Lipinski definition) is 1. The number of pyridine rings is 1. The first-order valence-corrected chi connectivity index (χ1v) is 5.39. The summed E-state index contributed by atoms with van der Waals surface area (Å²) in [5.74, 6) is 0.762. The number of aromatic nitrogens is 3. The Labute approximate surface area is 100 Å². The molecule has 2 aromatic heterocycles. The number of aryl methyl sites for hydroxylation is 1. The minimum atomic E-state index is 0.731. The highest BCUT2D eigenvalue weighted by Gasteiger charge is 2.00. The lowest BCUT2D eigenvalue weighted by Crippen LogP contribution is -1.98. The van der Waals surface area contributed by atoms with E-state index < -0.39 is 0 Å². The Morgan fingerprint density at radius 1 is 1.18 bits per heavy atom. The van der Waals surface area contributed by atoms with Crippen LogP contribution in [0.4, 0.5) is 5.69 Å². The van der Waals surface area contributed by atoms with Crippen LogP contribution in [0.1, 0.15) is 5.82 Å². The lowest BCUT2D eigenvalue weighted by atomic mass is 10.2. The summed E-state index contributed by atoms with van der Waals surface area (Å²) >= 11 is 0. The molecule has 2 rings (SSSR count). The molecule has 86 valence electrons. The maximum atomic E-state index is 4.35. The Hall–Kier alpha value is -2.23. The molecular weight excluding hydrogens is 212 g/mol. The SMILES string of the molecule is C=CCNc1ccc(-c2cnc(C)nc2)nc1. The molecule has 0 radical (unpaired) electrons. The second kappa shape index (κ2) is 5.21. The molecule has 17 heavy (non-hydrogen) atoms. The summed E-state index contributed by atoms with van der Waals surface area (Å²) in [5.41, 5.74) is 2.77. The van der Waals surface area contributed by atoms with Crippen molar-refractivity contribution >= 4 is 5.69 Å². The zero-order chi connectivity index (χ0) is 12.1. The first-order valence-electron chi connectivity index (χ1n) is 5.39. The molecule has 0 unspecified atom stereocenters. The lowest BCUT2D eigenvalue weighted by molar-refractivity contribution is 1.05. The van der Waals surface area contributed by atoms with Gasteiger partial charge in [0.25, 0.3) is 0 Å². The molecule has 0 amide bonds. The Morgan fingerprint density at radius 2 is 1.94 bits per heavy atom. The van der Waals surface area contributed by atoms with Gasteiger partial charge in [0.2, 0.25) is 0 Å². The van der Waals surface area contributed by atoms with Gasteiger partial charge < -0.3 is 5.32 Å². The van der Waals surface area contributed by atoms with E-state index in [1.54, 1.807) is 18.6 Å². The fourth-order valence-electron chi connectivity index (χ4n) is 1.38. The highest BCUT2D eigenvalue weighted by molar-refractivity contribution is 5.59. The van der Waals surface area contributed by atoms with Crippen molar-refractivity contribution in [1.29, 1.82) is 0 Å². The zero-order valence-corrected chi connectivity index (χ0v) is 9.72. The van der Waals surface area contributed by atoms with Gasteiger partial charge in [-0.1, -0.05) is 6.08 Å². The van der Waals surface area contributed by atoms with Crippen LogP contribution in [0, 0.1) is 6.92 Å². The fraction of sp³-hybridized carbons (Fsp3) is 0.154. The van der Waals surface area contributed by atoms with Crippen LogP contribution >= 0.6 is 0 Å². The van der Waals surface area contributed by atoms with Gasteiger partial charge in [-0.25, -0.2) is 9.97 Å². The number of hydrogen-bond acceptors (Lipinski definition) is 4. The van der Waals surface area contributed by atoms with Gasteiger partial charge in [0.15, 0.2) is 0 Å². The summed E-state index contributed by atoms with van der Waals surface area (Å²) in [6.07, 6.45) is 7.16. The average Bonchev–Trinajstić information content (AvgIpc) is 2.38. The van der Waals surface area contributed by atoms with Crippen LogP contribution in [0.2, 0.25) is 0 Å². The van der Waals surface area contributed by atoms with Crippen LogP contribution in [0.15, 0.2) is 43.4 Å². The van der Waals surface area contributed by atoms with Gasteiger partial charge in [-0.05, 0) is 19.1 Å². The summed E-state index contributed by atoms with van der Waals surface area (Å²) in [5, 5.41) is 3.17. The molecule has 4 nitrogen and oxygen atoms in total. The van der Waals surface area contributed by atoms with Crippen molar-refractivity contribution in [3.63, 3.8) is 0 Å². The molecule has 0 bridgehead atoms. The first-order chi connectivity index (χ1) is 8.29. The second-order valence-electron chi connectivity index (χ2n) is 3.62. The third-order valence-electron chi connectivity index (χ3n) is 2.29. The van der Waals surface area contributed by atoms with Gasteiger partial charge in [0.1, 0.15) is 5.82 Å². The van der Waals surface area contributed by atoms with Crippen LogP contribution in [0.3, 0.4) is 0 Å². The van der Waals surface area contributed by atoms with E-state index in [2.05, 4.69) is 26.8 Å². The van der Waals surface area contributed by atoms with E-state index in [9.17, 15) is 0 Å². The van der Waals surface area contributed by atoms with Crippen LogP contribution in [-0.4, -0.2) is 21.5 Å². The number of anilines is 1. The molecule has 0 spiro atoms. The minimum absolute atomic E-state index is 0.731. The first kappa shape index (κ1) is 11.3. The van der Waals surface area contributed by atoms with Gasteiger partial charge in [-0.2, -0.15) is 0 Å². The molecule has 2 heterocycles. The van der Waals surface area contributed by atoms with Crippen LogP contribution in [-0.2, 0) is 0 Å². The predicted octanol–water partition coefficient (Wildman–Crippen LogP) is 2.44. The molecule has 0 aliphatic rings. The summed E-state index contributed by atoms with van der Waals surface area (Å²) < 4.78 is 0. The maximum absolute atomic E-state index is 4.35. The van der Waals surface area contributed by atoms with Crippen molar-refractivity contribution in [3.05, 3.63) is 49.2 Å². The highest BCUT2D eigenvalue weighted by atomic mass is 14.9. The van der Waals surface area contributed by atoms with Crippen LogP contribution < -0.4 is 5.32 Å². The topological polar surface area (TPSA) is 50.7 Å². The highest BCUT2D eigenvalue weighted by Crippen LogP contribution is 2.16. The Kier molecular flexibility index (Phi) is 3.45. The van der Waals surface area contributed by atoms with Crippen molar-refractivity contribution in [2.45, 2.75) is 6.92 Å². The zero-order valence-electron chi connectivity index (χ0n) is 9.72. The summed E-state index contributed by atoms with van der Waals surface area (Å²) in [4.78, 5) is 12.6. The van der Waals surface area contributed by atoms with E-state index in [4.69, 9.17) is 0 Å². The van der Waals surface area contributed by atoms with E-state index >= 15 is 0 Å². The third-order valence-corrected chi connectivity index (χ3v) is 2.29. The molecule has 0 aromatic carbocycles. The molecule has 0 aliphatic carbocycles. The summed E-state index contributed by atoms with van der Waals surface area (Å²) in [6.45, 7) is 6.24. The molecule has 0 fully saturated rings. The second-order valence-corrected chi connectivity index (χ2v) is 3.62. The third kappa shape index (κ3) is 2.87. The van der Waals surface area contributed by atoms with Gasteiger partial charge >= 0.3 is 0 Å². The molecule has 0 saturated carbocycles. The van der Waals surface area contributed by atoms with Gasteiger partial charge in [0.05, 0.1) is 17.6 Å².